The third kappa shape index (κ3) is 2.82. The van der Waals surface area contributed by atoms with Crippen LogP contribution in [0.1, 0.15) is 16.8 Å². The smallest absolute Gasteiger partial charge is 0.304 e. The zero-order chi connectivity index (χ0) is 13.8. The predicted octanol–water partition coefficient (Wildman–Crippen LogP) is 1.04. The number of carbonyl (C=O) groups excluding carboxylic acids is 1. The van der Waals surface area contributed by atoms with Crippen LogP contribution in [0.3, 0.4) is 0 Å². The van der Waals surface area contributed by atoms with Crippen LogP contribution < -0.4 is 5.73 Å². The van der Waals surface area contributed by atoms with Crippen LogP contribution in [0.5, 0.6) is 0 Å². The normalized spacial score (nSPS) is 15.9. The van der Waals surface area contributed by atoms with E-state index in [0.717, 1.165) is 6.42 Å². The highest BCUT2D eigenvalue weighted by Gasteiger charge is 2.27. The van der Waals surface area contributed by atoms with Gasteiger partial charge in [-0.25, -0.2) is 0 Å². The first-order valence-corrected chi connectivity index (χ1v) is 6.01. The maximum atomic E-state index is 12.3. The van der Waals surface area contributed by atoms with Gasteiger partial charge in [0.1, 0.15) is 11.3 Å². The van der Waals surface area contributed by atoms with Gasteiger partial charge in [0.2, 0.25) is 0 Å². The van der Waals surface area contributed by atoms with Crippen molar-refractivity contribution in [2.24, 2.45) is 0 Å². The molecule has 0 spiro atoms. The summed E-state index contributed by atoms with van der Waals surface area (Å²) in [4.78, 5) is 24.3. The number of benzene rings is 1. The van der Waals surface area contributed by atoms with E-state index in [4.69, 9.17) is 10.5 Å². The average molecular weight is 265 g/mol. The van der Waals surface area contributed by atoms with E-state index in [1.165, 1.54) is 12.1 Å². The number of para-hydroxylation sites is 1. The van der Waals surface area contributed by atoms with Crippen LogP contribution in [0.15, 0.2) is 18.2 Å². The molecule has 0 aromatic heterocycles. The molecule has 1 amide bonds. The molecule has 1 fully saturated rings. The fourth-order valence-corrected chi connectivity index (χ4v) is 2.06. The highest BCUT2D eigenvalue weighted by atomic mass is 16.6. The molecule has 102 valence electrons. The van der Waals surface area contributed by atoms with Crippen molar-refractivity contribution in [2.45, 2.75) is 6.42 Å². The average Bonchev–Trinajstić information content (AvgIpc) is 2.66. The van der Waals surface area contributed by atoms with Gasteiger partial charge in [0.25, 0.3) is 5.91 Å². The van der Waals surface area contributed by atoms with E-state index in [1.807, 2.05) is 0 Å². The maximum absolute atomic E-state index is 12.3. The summed E-state index contributed by atoms with van der Waals surface area (Å²) in [6.07, 6.45) is 0.724. The lowest BCUT2D eigenvalue weighted by Crippen LogP contribution is -2.33. The van der Waals surface area contributed by atoms with Gasteiger partial charge >= 0.3 is 5.69 Å². The lowest BCUT2D eigenvalue weighted by atomic mass is 10.1. The lowest BCUT2D eigenvalue weighted by molar-refractivity contribution is -0.384. The minimum absolute atomic E-state index is 0.00178. The summed E-state index contributed by atoms with van der Waals surface area (Å²) in [5.74, 6) is -0.371. The second-order valence-electron chi connectivity index (χ2n) is 4.26. The Hall–Kier alpha value is -2.15. The second kappa shape index (κ2) is 5.66. The first kappa shape index (κ1) is 13.3. The Balaban J connectivity index is 2.32. The first-order valence-electron chi connectivity index (χ1n) is 6.01. The standard InChI is InChI=1S/C12H15N3O4/c13-10-4-1-3-9(11(10)15(17)18)12(16)14-5-2-7-19-8-6-14/h1,3-4H,2,5-8,13H2. The Bertz CT molecular complexity index is 496. The van der Waals surface area contributed by atoms with E-state index in [0.29, 0.717) is 26.3 Å². The Morgan fingerprint density at radius 3 is 2.89 bits per heavy atom. The van der Waals surface area contributed by atoms with Crippen LogP contribution in [0.4, 0.5) is 11.4 Å². The SMILES string of the molecule is Nc1cccc(C(=O)N2CCCOCC2)c1[N+](=O)[O-]. The van der Waals surface area contributed by atoms with Gasteiger partial charge < -0.3 is 15.4 Å². The quantitative estimate of drug-likeness (QED) is 0.489. The molecule has 7 nitrogen and oxygen atoms in total. The molecule has 1 aliphatic rings. The third-order valence-electron chi connectivity index (χ3n) is 2.99. The molecule has 1 heterocycles. The number of amides is 1. The number of rotatable bonds is 2. The monoisotopic (exact) mass is 265 g/mol. The Labute approximate surface area is 110 Å². The highest BCUT2D eigenvalue weighted by molar-refractivity contribution is 6.00. The van der Waals surface area contributed by atoms with E-state index in [9.17, 15) is 14.9 Å². The number of hydrogen-bond acceptors (Lipinski definition) is 5. The van der Waals surface area contributed by atoms with E-state index in [-0.39, 0.29) is 22.8 Å². The van der Waals surface area contributed by atoms with Gasteiger partial charge in [0, 0.05) is 19.7 Å². The molecule has 7 heteroatoms. The fraction of sp³-hybridized carbons (Fsp3) is 0.417. The van der Waals surface area contributed by atoms with Gasteiger partial charge in [-0.3, -0.25) is 14.9 Å². The third-order valence-corrected chi connectivity index (χ3v) is 2.99. The Kier molecular flexibility index (Phi) is 3.96. The van der Waals surface area contributed by atoms with Gasteiger partial charge in [0.05, 0.1) is 11.5 Å². The fourth-order valence-electron chi connectivity index (χ4n) is 2.06. The molecular formula is C12H15N3O4. The predicted molar refractivity (Wildman–Crippen MR) is 68.8 cm³/mol. The number of nitrogen functional groups attached to an aromatic ring is 1. The summed E-state index contributed by atoms with van der Waals surface area (Å²) in [5.41, 5.74) is 5.30. The highest BCUT2D eigenvalue weighted by Crippen LogP contribution is 2.27. The minimum Gasteiger partial charge on any atom is -0.393 e. The molecule has 1 aliphatic heterocycles. The van der Waals surface area contributed by atoms with Crippen molar-refractivity contribution in [3.8, 4) is 0 Å². The molecule has 1 saturated heterocycles. The van der Waals surface area contributed by atoms with E-state index in [2.05, 4.69) is 0 Å². The van der Waals surface area contributed by atoms with Crippen LogP contribution >= 0.6 is 0 Å². The summed E-state index contributed by atoms with van der Waals surface area (Å²) in [6.45, 7) is 2.01. The number of nitro groups is 1. The number of hydrogen-bond donors (Lipinski definition) is 1. The van der Waals surface area contributed by atoms with Crippen molar-refractivity contribution in [3.63, 3.8) is 0 Å². The van der Waals surface area contributed by atoms with Crippen molar-refractivity contribution in [3.05, 3.63) is 33.9 Å². The molecule has 2 rings (SSSR count). The number of nitrogens with zero attached hydrogens (tertiary/aromatic N) is 2. The van der Waals surface area contributed by atoms with Crippen molar-refractivity contribution in [1.82, 2.24) is 4.90 Å². The molecule has 1 aromatic carbocycles. The van der Waals surface area contributed by atoms with Gasteiger partial charge in [-0.1, -0.05) is 6.07 Å². The molecule has 0 bridgehead atoms. The largest absolute Gasteiger partial charge is 0.393 e. The van der Waals surface area contributed by atoms with Crippen LogP contribution in [0.2, 0.25) is 0 Å². The number of ether oxygens (including phenoxy) is 1. The van der Waals surface area contributed by atoms with E-state index >= 15 is 0 Å². The minimum atomic E-state index is -0.614. The van der Waals surface area contributed by atoms with Gasteiger partial charge in [-0.05, 0) is 18.6 Å². The lowest BCUT2D eigenvalue weighted by Gasteiger charge is -2.19. The molecule has 0 saturated carbocycles. The van der Waals surface area contributed by atoms with E-state index < -0.39 is 4.92 Å². The Morgan fingerprint density at radius 1 is 1.37 bits per heavy atom. The summed E-state index contributed by atoms with van der Waals surface area (Å²) < 4.78 is 5.26. The van der Waals surface area contributed by atoms with Gasteiger partial charge in [-0.2, -0.15) is 0 Å². The van der Waals surface area contributed by atoms with Crippen molar-refractivity contribution in [2.75, 3.05) is 32.0 Å². The first-order chi connectivity index (χ1) is 9.11. The summed E-state index contributed by atoms with van der Waals surface area (Å²) in [7, 11) is 0. The van der Waals surface area contributed by atoms with Crippen molar-refractivity contribution < 1.29 is 14.5 Å². The van der Waals surface area contributed by atoms with Crippen molar-refractivity contribution in [1.29, 1.82) is 0 Å². The van der Waals surface area contributed by atoms with Crippen LogP contribution in [-0.4, -0.2) is 42.0 Å². The van der Waals surface area contributed by atoms with Gasteiger partial charge in [0.15, 0.2) is 0 Å². The summed E-state index contributed by atoms with van der Waals surface area (Å²) >= 11 is 0. The van der Waals surface area contributed by atoms with Crippen molar-refractivity contribution >= 4 is 17.3 Å². The summed E-state index contributed by atoms with van der Waals surface area (Å²) in [5, 5.41) is 11.0. The zero-order valence-corrected chi connectivity index (χ0v) is 10.4. The number of anilines is 1. The molecule has 0 atom stereocenters. The number of nitrogens with two attached hydrogens (primary N) is 1. The maximum Gasteiger partial charge on any atom is 0.304 e. The molecule has 2 N–H and O–H groups in total. The molecular weight excluding hydrogens is 250 g/mol. The Morgan fingerprint density at radius 2 is 2.16 bits per heavy atom. The second-order valence-corrected chi connectivity index (χ2v) is 4.26. The van der Waals surface area contributed by atoms with Crippen LogP contribution in [0.25, 0.3) is 0 Å². The topological polar surface area (TPSA) is 98.7 Å². The number of carbonyl (C=O) groups is 1. The molecule has 1 aromatic rings. The zero-order valence-electron chi connectivity index (χ0n) is 10.4. The van der Waals surface area contributed by atoms with Crippen LogP contribution in [-0.2, 0) is 4.74 Å². The van der Waals surface area contributed by atoms with E-state index in [1.54, 1.807) is 11.0 Å². The van der Waals surface area contributed by atoms with Crippen LogP contribution in [0, 0.1) is 10.1 Å². The molecule has 0 radical (unpaired) electrons. The number of nitro benzene ring substituents is 1. The molecule has 0 aliphatic carbocycles. The molecule has 19 heavy (non-hydrogen) atoms. The molecule has 0 unspecified atom stereocenters. The van der Waals surface area contributed by atoms with Gasteiger partial charge in [-0.15, -0.1) is 0 Å². The summed E-state index contributed by atoms with van der Waals surface area (Å²) in [6, 6.07) is 4.40.